The number of halogens is 1. The van der Waals surface area contributed by atoms with Crippen molar-refractivity contribution in [3.05, 3.63) is 114 Å². The van der Waals surface area contributed by atoms with Crippen LogP contribution < -0.4 is 30.6 Å². The molecule has 0 aromatic heterocycles. The molecule has 1 aliphatic rings. The lowest BCUT2D eigenvalue weighted by Crippen LogP contribution is -2.48. The number of ether oxygens (including phenoxy) is 4. The molecule has 10 nitrogen and oxygen atoms in total. The molecule has 0 bridgehead atoms. The van der Waals surface area contributed by atoms with Crippen LogP contribution >= 0.6 is 12.4 Å². The Balaban J connectivity index is 0.00000500. The summed E-state index contributed by atoms with van der Waals surface area (Å²) in [6.07, 6.45) is 2.14. The van der Waals surface area contributed by atoms with Crippen LogP contribution in [0.25, 0.3) is 10.8 Å². The predicted molar refractivity (Wildman–Crippen MR) is 181 cm³/mol. The molecule has 0 saturated carbocycles. The lowest BCUT2D eigenvalue weighted by molar-refractivity contribution is -0.144. The molecular weight excluding hydrogens is 622 g/mol. The predicted octanol–water partition coefficient (Wildman–Crippen LogP) is 4.52. The molecule has 246 valence electrons. The Morgan fingerprint density at radius 3 is 2.51 bits per heavy atom. The first-order valence-corrected chi connectivity index (χ1v) is 15.1. The quantitative estimate of drug-likeness (QED) is 0.125. The summed E-state index contributed by atoms with van der Waals surface area (Å²) >= 11 is 0. The second-order valence-electron chi connectivity index (χ2n) is 10.9. The number of rotatable bonds is 15. The maximum absolute atomic E-state index is 13.9. The van der Waals surface area contributed by atoms with Gasteiger partial charge in [0, 0.05) is 12.6 Å². The monoisotopic (exact) mass is 659 g/mol. The molecule has 11 heteroatoms. The minimum atomic E-state index is -1.21. The van der Waals surface area contributed by atoms with Crippen LogP contribution in [-0.2, 0) is 27.2 Å². The smallest absolute Gasteiger partial charge is 0.308 e. The third-order valence-electron chi connectivity index (χ3n) is 7.42. The normalized spacial score (nSPS) is 12.7. The zero-order valence-corrected chi connectivity index (χ0v) is 26.6. The second-order valence-corrected chi connectivity index (χ2v) is 10.9. The van der Waals surface area contributed by atoms with Crippen molar-refractivity contribution in [2.45, 2.75) is 31.3 Å². The Hall–Kier alpha value is -5.06. The minimum Gasteiger partial charge on any atom is -0.491 e. The average Bonchev–Trinajstić information content (AvgIpc) is 3.54. The number of hydrogen-bond donors (Lipinski definition) is 3. The number of fused-ring (bicyclic) bond motifs is 2. The summed E-state index contributed by atoms with van der Waals surface area (Å²) in [6, 6.07) is 24.8. The molecule has 5 rings (SSSR count). The first-order valence-electron chi connectivity index (χ1n) is 15.1. The maximum atomic E-state index is 13.9. The van der Waals surface area contributed by atoms with E-state index in [1.54, 1.807) is 12.1 Å². The lowest BCUT2D eigenvalue weighted by Gasteiger charge is -2.21. The standard InChI is InChI=1S/C36H37N3O7.ClH/c1-2-18-43-33(40)21-29(35(41)38-17-16-25-12-14-30-32(20-25)46-23-45-30)39-36(42)34-28-11-7-6-10-26(28)13-15-31(34)44-22-27(37)19-24-8-4-3-5-9-24;/h2-15,20,27,29H,1,16-19,21-23,37H2,(H,38,41)(H,39,42);1H/t27-,29+;/m1./s1. The van der Waals surface area contributed by atoms with Crippen LogP contribution in [0, 0.1) is 0 Å². The maximum Gasteiger partial charge on any atom is 0.308 e. The van der Waals surface area contributed by atoms with Crippen molar-refractivity contribution in [3.63, 3.8) is 0 Å². The molecule has 4 N–H and O–H groups in total. The van der Waals surface area contributed by atoms with E-state index >= 15 is 0 Å². The van der Waals surface area contributed by atoms with Gasteiger partial charge in [-0.05, 0) is 52.9 Å². The van der Waals surface area contributed by atoms with Crippen molar-refractivity contribution < 1.29 is 33.3 Å². The summed E-state index contributed by atoms with van der Waals surface area (Å²) < 4.78 is 22.0. The van der Waals surface area contributed by atoms with Crippen molar-refractivity contribution in [2.75, 3.05) is 26.6 Å². The highest BCUT2D eigenvalue weighted by atomic mass is 35.5. The molecule has 0 saturated heterocycles. The summed E-state index contributed by atoms with van der Waals surface area (Å²) in [6.45, 7) is 4.12. The van der Waals surface area contributed by atoms with Gasteiger partial charge < -0.3 is 35.3 Å². The van der Waals surface area contributed by atoms with E-state index in [4.69, 9.17) is 24.7 Å². The van der Waals surface area contributed by atoms with Gasteiger partial charge in [-0.15, -0.1) is 12.4 Å². The Morgan fingerprint density at radius 1 is 0.936 bits per heavy atom. The van der Waals surface area contributed by atoms with E-state index in [2.05, 4.69) is 17.2 Å². The zero-order valence-electron chi connectivity index (χ0n) is 25.8. The van der Waals surface area contributed by atoms with Crippen LogP contribution in [0.15, 0.2) is 97.6 Å². The molecule has 47 heavy (non-hydrogen) atoms. The highest BCUT2D eigenvalue weighted by molar-refractivity contribution is 6.10. The van der Waals surface area contributed by atoms with Crippen molar-refractivity contribution >= 4 is 41.0 Å². The van der Waals surface area contributed by atoms with Gasteiger partial charge in [-0.2, -0.15) is 0 Å². The molecule has 0 spiro atoms. The fourth-order valence-electron chi connectivity index (χ4n) is 5.15. The van der Waals surface area contributed by atoms with E-state index in [1.807, 2.05) is 72.8 Å². The van der Waals surface area contributed by atoms with Gasteiger partial charge >= 0.3 is 5.97 Å². The van der Waals surface area contributed by atoms with E-state index in [0.717, 1.165) is 16.5 Å². The largest absolute Gasteiger partial charge is 0.491 e. The number of nitrogens with one attached hydrogen (secondary N) is 2. The van der Waals surface area contributed by atoms with E-state index in [1.165, 1.54) is 6.08 Å². The number of hydrogen-bond acceptors (Lipinski definition) is 8. The van der Waals surface area contributed by atoms with Gasteiger partial charge in [-0.3, -0.25) is 14.4 Å². The molecule has 0 radical (unpaired) electrons. The third kappa shape index (κ3) is 9.48. The number of benzene rings is 4. The Morgan fingerprint density at radius 2 is 1.70 bits per heavy atom. The third-order valence-corrected chi connectivity index (χ3v) is 7.42. The summed E-state index contributed by atoms with van der Waals surface area (Å²) in [5.41, 5.74) is 8.62. The summed E-state index contributed by atoms with van der Waals surface area (Å²) in [5.74, 6) is -0.127. The molecule has 2 atom stereocenters. The number of nitrogens with two attached hydrogens (primary N) is 1. The number of carbonyl (C=O) groups excluding carboxylic acids is 3. The summed E-state index contributed by atoms with van der Waals surface area (Å²) in [5, 5.41) is 7.03. The molecule has 4 aromatic rings. The second kappa shape index (κ2) is 17.0. The number of amides is 2. The number of esters is 1. The van der Waals surface area contributed by atoms with E-state index < -0.39 is 23.8 Å². The number of carbonyl (C=O) groups is 3. The topological polar surface area (TPSA) is 138 Å². The van der Waals surface area contributed by atoms with Crippen molar-refractivity contribution in [1.29, 1.82) is 0 Å². The molecule has 0 aliphatic carbocycles. The van der Waals surface area contributed by atoms with Crippen molar-refractivity contribution in [2.24, 2.45) is 5.73 Å². The summed E-state index contributed by atoms with van der Waals surface area (Å²) in [7, 11) is 0. The van der Waals surface area contributed by atoms with Gasteiger partial charge in [0.05, 0.1) is 12.0 Å². The van der Waals surface area contributed by atoms with Crippen LogP contribution in [0.5, 0.6) is 17.2 Å². The van der Waals surface area contributed by atoms with E-state index in [9.17, 15) is 14.4 Å². The molecule has 0 fully saturated rings. The van der Waals surface area contributed by atoms with Crippen molar-refractivity contribution in [1.82, 2.24) is 10.6 Å². The molecule has 1 aliphatic heterocycles. The van der Waals surface area contributed by atoms with Gasteiger partial charge in [0.15, 0.2) is 11.5 Å². The van der Waals surface area contributed by atoms with E-state index in [-0.39, 0.29) is 57.0 Å². The van der Waals surface area contributed by atoms with Gasteiger partial charge in [-0.25, -0.2) is 0 Å². The first kappa shape index (κ1) is 34.8. The zero-order chi connectivity index (χ0) is 32.3. The average molecular weight is 660 g/mol. The highest BCUT2D eigenvalue weighted by Gasteiger charge is 2.27. The van der Waals surface area contributed by atoms with E-state index in [0.29, 0.717) is 35.5 Å². The fraction of sp³-hybridized carbons (Fsp3) is 0.250. The van der Waals surface area contributed by atoms with Gasteiger partial charge in [0.1, 0.15) is 25.0 Å². The molecule has 2 amide bonds. The van der Waals surface area contributed by atoms with Gasteiger partial charge in [0.2, 0.25) is 12.7 Å². The van der Waals surface area contributed by atoms with Crippen LogP contribution in [0.2, 0.25) is 0 Å². The van der Waals surface area contributed by atoms with Crippen LogP contribution in [0.3, 0.4) is 0 Å². The molecular formula is C36H38ClN3O7. The van der Waals surface area contributed by atoms with Gasteiger partial charge in [0.25, 0.3) is 5.91 Å². The fourth-order valence-corrected chi connectivity index (χ4v) is 5.15. The van der Waals surface area contributed by atoms with Crippen LogP contribution in [-0.4, -0.2) is 56.4 Å². The molecule has 1 heterocycles. The minimum absolute atomic E-state index is 0. The van der Waals surface area contributed by atoms with Crippen molar-refractivity contribution in [3.8, 4) is 17.2 Å². The highest BCUT2D eigenvalue weighted by Crippen LogP contribution is 2.32. The SMILES string of the molecule is C=CCOC(=O)C[C@H](NC(=O)c1c(OC[C@H](N)Cc2ccccc2)ccc2ccccc12)C(=O)NCCc1ccc2c(c1)OCO2.Cl. The van der Waals surface area contributed by atoms with Gasteiger partial charge in [-0.1, -0.05) is 79.4 Å². The Kier molecular flexibility index (Phi) is 12.6. The first-order chi connectivity index (χ1) is 22.4. The Bertz CT molecular complexity index is 1700. The van der Waals surface area contributed by atoms with Crippen LogP contribution in [0.1, 0.15) is 27.9 Å². The molecule has 4 aromatic carbocycles. The Labute approximate surface area is 279 Å². The lowest BCUT2D eigenvalue weighted by atomic mass is 10.0. The summed E-state index contributed by atoms with van der Waals surface area (Å²) in [4.78, 5) is 39.9. The van der Waals surface area contributed by atoms with Crippen LogP contribution in [0.4, 0.5) is 0 Å². The molecule has 0 unspecified atom stereocenters.